The molecule has 4 aromatic heterocycles. The number of nitrogens with two attached hydrogens (primary N) is 1. The predicted octanol–water partition coefficient (Wildman–Crippen LogP) is 3.86. The molecule has 0 saturated heterocycles. The summed E-state index contributed by atoms with van der Waals surface area (Å²) in [5.41, 5.74) is 8.98. The minimum absolute atomic E-state index is 0.00339. The van der Waals surface area contributed by atoms with Crippen molar-refractivity contribution >= 4 is 28.0 Å². The van der Waals surface area contributed by atoms with Crippen molar-refractivity contribution in [1.29, 1.82) is 0 Å². The van der Waals surface area contributed by atoms with Crippen LogP contribution in [0.5, 0.6) is 0 Å². The zero-order valence-electron chi connectivity index (χ0n) is 14.2. The molecule has 0 radical (unpaired) electrons. The van der Waals surface area contributed by atoms with E-state index in [1.54, 1.807) is 24.5 Å². The van der Waals surface area contributed by atoms with E-state index in [4.69, 9.17) is 10.2 Å². The second-order valence-corrected chi connectivity index (χ2v) is 6.15. The Bertz CT molecular complexity index is 1290. The number of benzene rings is 1. The van der Waals surface area contributed by atoms with Crippen LogP contribution in [0.15, 0.2) is 47.1 Å². The maximum absolute atomic E-state index is 14.7. The fraction of sp³-hybridized carbons (Fsp3) is 0.0526. The zero-order valence-corrected chi connectivity index (χ0v) is 14.2. The van der Waals surface area contributed by atoms with Crippen molar-refractivity contribution in [1.82, 2.24) is 24.9 Å². The van der Waals surface area contributed by atoms with Gasteiger partial charge in [0.2, 0.25) is 0 Å². The van der Waals surface area contributed by atoms with Crippen LogP contribution >= 0.6 is 0 Å². The fourth-order valence-electron chi connectivity index (χ4n) is 3.00. The lowest BCUT2D eigenvalue weighted by Crippen LogP contribution is -2.03. The van der Waals surface area contributed by atoms with Crippen LogP contribution < -0.4 is 5.73 Å². The lowest BCUT2D eigenvalue weighted by Gasteiger charge is -2.05. The van der Waals surface area contributed by atoms with E-state index in [9.17, 15) is 4.39 Å². The van der Waals surface area contributed by atoms with Gasteiger partial charge in [-0.1, -0.05) is 18.2 Å². The highest BCUT2D eigenvalue weighted by atomic mass is 19.1. The molecule has 0 bridgehead atoms. The van der Waals surface area contributed by atoms with Crippen LogP contribution in [-0.4, -0.2) is 24.9 Å². The van der Waals surface area contributed by atoms with Gasteiger partial charge in [-0.3, -0.25) is 0 Å². The van der Waals surface area contributed by atoms with Gasteiger partial charge in [0.1, 0.15) is 16.8 Å². The van der Waals surface area contributed by atoms with Crippen LogP contribution in [0.25, 0.3) is 45.0 Å². The Hall–Kier alpha value is -3.81. The molecular formula is C19H13FN6O. The number of rotatable bonds is 2. The molecule has 0 aliphatic heterocycles. The third kappa shape index (κ3) is 2.42. The van der Waals surface area contributed by atoms with Gasteiger partial charge in [-0.2, -0.15) is 0 Å². The largest absolute Gasteiger partial charge is 0.454 e. The number of para-hydroxylation sites is 1. The van der Waals surface area contributed by atoms with Crippen molar-refractivity contribution in [3.63, 3.8) is 0 Å². The molecule has 7 nitrogen and oxygen atoms in total. The number of nitrogens with zero attached hydrogens (tertiary/aromatic N) is 4. The number of hydrogen-bond acceptors (Lipinski definition) is 6. The van der Waals surface area contributed by atoms with Gasteiger partial charge in [0.25, 0.3) is 0 Å². The number of furan rings is 1. The van der Waals surface area contributed by atoms with Crippen LogP contribution in [-0.2, 0) is 0 Å². The topological polar surface area (TPSA) is 107 Å². The van der Waals surface area contributed by atoms with E-state index in [1.807, 2.05) is 25.1 Å². The van der Waals surface area contributed by atoms with E-state index in [2.05, 4.69) is 24.9 Å². The van der Waals surface area contributed by atoms with Gasteiger partial charge in [-0.15, -0.1) is 0 Å². The average molecular weight is 360 g/mol. The number of nitrogens with one attached hydrogen (secondary N) is 1. The van der Waals surface area contributed by atoms with Gasteiger partial charge < -0.3 is 15.1 Å². The van der Waals surface area contributed by atoms with Gasteiger partial charge >= 0.3 is 0 Å². The van der Waals surface area contributed by atoms with E-state index in [0.29, 0.717) is 22.3 Å². The molecule has 0 spiro atoms. The number of aryl methyl sites for hydroxylation is 1. The van der Waals surface area contributed by atoms with E-state index in [1.165, 1.54) is 0 Å². The lowest BCUT2D eigenvalue weighted by atomic mass is 10.2. The van der Waals surface area contributed by atoms with Crippen molar-refractivity contribution in [2.75, 3.05) is 5.73 Å². The van der Waals surface area contributed by atoms with Gasteiger partial charge in [0, 0.05) is 11.6 Å². The summed E-state index contributed by atoms with van der Waals surface area (Å²) in [5, 5.41) is 0.846. The molecule has 0 aliphatic carbocycles. The van der Waals surface area contributed by atoms with E-state index >= 15 is 0 Å². The molecule has 0 unspecified atom stereocenters. The average Bonchev–Trinajstić information content (AvgIpc) is 3.27. The highest BCUT2D eigenvalue weighted by Crippen LogP contribution is 2.32. The predicted molar refractivity (Wildman–Crippen MR) is 99.2 cm³/mol. The van der Waals surface area contributed by atoms with Crippen molar-refractivity contribution in [3.8, 4) is 22.8 Å². The normalized spacial score (nSPS) is 11.5. The number of anilines is 1. The SMILES string of the molecule is Cc1cnc2[nH]cc(-c3nc(N)c(F)c(-c4cc5ccccc5o4)n3)c2n1. The van der Waals surface area contributed by atoms with Crippen LogP contribution in [0.4, 0.5) is 10.2 Å². The Morgan fingerprint density at radius 3 is 2.85 bits per heavy atom. The second kappa shape index (κ2) is 5.60. The minimum atomic E-state index is -0.722. The van der Waals surface area contributed by atoms with E-state index < -0.39 is 5.82 Å². The zero-order chi connectivity index (χ0) is 18.5. The second-order valence-electron chi connectivity index (χ2n) is 6.15. The monoisotopic (exact) mass is 360 g/mol. The molecule has 1 aromatic carbocycles. The highest BCUT2D eigenvalue weighted by molar-refractivity contribution is 5.89. The molecule has 27 heavy (non-hydrogen) atoms. The molecule has 0 amide bonds. The number of fused-ring (bicyclic) bond motifs is 2. The number of aromatic nitrogens is 5. The first kappa shape index (κ1) is 15.4. The summed E-state index contributed by atoms with van der Waals surface area (Å²) in [7, 11) is 0. The van der Waals surface area contributed by atoms with Gasteiger partial charge in [0.15, 0.2) is 28.9 Å². The molecule has 8 heteroatoms. The molecule has 4 heterocycles. The lowest BCUT2D eigenvalue weighted by molar-refractivity contribution is 0.594. The number of nitrogen functional groups attached to an aromatic ring is 1. The third-order valence-electron chi connectivity index (χ3n) is 4.28. The van der Waals surface area contributed by atoms with Crippen LogP contribution in [0.2, 0.25) is 0 Å². The summed E-state index contributed by atoms with van der Waals surface area (Å²) in [6, 6.07) is 9.14. The maximum atomic E-state index is 14.7. The number of H-pyrrole nitrogens is 1. The number of hydrogen-bond donors (Lipinski definition) is 2. The van der Waals surface area contributed by atoms with Gasteiger partial charge in [-0.05, 0) is 19.1 Å². The molecular weight excluding hydrogens is 347 g/mol. The van der Waals surface area contributed by atoms with Crippen LogP contribution in [0.1, 0.15) is 5.69 Å². The maximum Gasteiger partial charge on any atom is 0.194 e. The van der Waals surface area contributed by atoms with Crippen molar-refractivity contribution < 1.29 is 8.81 Å². The molecule has 5 rings (SSSR count). The molecule has 0 saturated carbocycles. The quantitative estimate of drug-likeness (QED) is 0.495. The summed E-state index contributed by atoms with van der Waals surface area (Å²) in [4.78, 5) is 20.2. The Morgan fingerprint density at radius 1 is 1.15 bits per heavy atom. The molecule has 0 atom stereocenters. The molecule has 0 aliphatic rings. The minimum Gasteiger partial charge on any atom is -0.454 e. The molecule has 5 aromatic rings. The van der Waals surface area contributed by atoms with Crippen LogP contribution in [0, 0.1) is 12.7 Å². The summed E-state index contributed by atoms with van der Waals surface area (Å²) in [6.07, 6.45) is 3.33. The Morgan fingerprint density at radius 2 is 2.00 bits per heavy atom. The van der Waals surface area contributed by atoms with Gasteiger partial charge in [-0.25, -0.2) is 24.3 Å². The Kier molecular flexibility index (Phi) is 3.20. The first-order valence-corrected chi connectivity index (χ1v) is 8.23. The fourth-order valence-corrected chi connectivity index (χ4v) is 3.00. The highest BCUT2D eigenvalue weighted by Gasteiger charge is 2.20. The van der Waals surface area contributed by atoms with Crippen molar-refractivity contribution in [3.05, 3.63) is 54.2 Å². The summed E-state index contributed by atoms with van der Waals surface area (Å²) >= 11 is 0. The van der Waals surface area contributed by atoms with Crippen LogP contribution in [0.3, 0.4) is 0 Å². The molecule has 0 fully saturated rings. The van der Waals surface area contributed by atoms with Crippen molar-refractivity contribution in [2.45, 2.75) is 6.92 Å². The number of halogens is 1. The smallest absolute Gasteiger partial charge is 0.194 e. The van der Waals surface area contributed by atoms with Crippen molar-refractivity contribution in [2.24, 2.45) is 0 Å². The summed E-state index contributed by atoms with van der Waals surface area (Å²) in [5.74, 6) is -0.452. The first-order valence-electron chi connectivity index (χ1n) is 8.23. The van der Waals surface area contributed by atoms with E-state index in [-0.39, 0.29) is 23.1 Å². The first-order chi connectivity index (χ1) is 13.1. The molecule has 3 N–H and O–H groups in total. The summed E-state index contributed by atoms with van der Waals surface area (Å²) < 4.78 is 20.4. The van der Waals surface area contributed by atoms with Gasteiger partial charge in [0.05, 0.1) is 17.5 Å². The Labute approximate surface area is 152 Å². The van der Waals surface area contributed by atoms with E-state index in [0.717, 1.165) is 11.1 Å². The standard InChI is InChI=1S/C19H13FN6O/c1-9-7-22-19-15(24-9)11(8-23-19)18-25-16(14(20)17(21)26-18)13-6-10-4-2-3-5-12(10)27-13/h2-8H,1H3,(H,22,23)(H2,21,25,26). The molecule has 132 valence electrons. The Balaban J connectivity index is 1.74. The number of aromatic amines is 1. The summed E-state index contributed by atoms with van der Waals surface area (Å²) in [6.45, 7) is 1.84. The third-order valence-corrected chi connectivity index (χ3v) is 4.28.